The van der Waals surface area contributed by atoms with Crippen LogP contribution in [-0.4, -0.2) is 30.1 Å². The Balaban J connectivity index is 1.90. The van der Waals surface area contributed by atoms with E-state index in [1.165, 1.54) is 42.5 Å². The zero-order chi connectivity index (χ0) is 24.2. The van der Waals surface area contributed by atoms with Gasteiger partial charge in [-0.2, -0.15) is 4.31 Å². The number of non-ortho nitro benzene ring substituents is 1. The predicted molar refractivity (Wildman–Crippen MR) is 127 cm³/mol. The molecule has 3 aromatic carbocycles. The molecule has 1 amide bonds. The van der Waals surface area contributed by atoms with E-state index in [0.29, 0.717) is 21.2 Å². The number of rotatable bonds is 8. The fourth-order valence-electron chi connectivity index (χ4n) is 2.98. The van der Waals surface area contributed by atoms with E-state index in [-0.39, 0.29) is 22.8 Å². The lowest BCUT2D eigenvalue weighted by atomic mass is 10.2. The van der Waals surface area contributed by atoms with Crippen LogP contribution in [0.15, 0.2) is 71.6 Å². The van der Waals surface area contributed by atoms with Gasteiger partial charge >= 0.3 is 0 Å². The smallest absolute Gasteiger partial charge is 0.271 e. The van der Waals surface area contributed by atoms with E-state index in [1.54, 1.807) is 31.2 Å². The second-order valence-corrected chi connectivity index (χ2v) is 9.97. The minimum atomic E-state index is -4.07. The molecule has 0 bridgehead atoms. The van der Waals surface area contributed by atoms with Crippen molar-refractivity contribution in [1.29, 1.82) is 0 Å². The molecule has 0 atom stereocenters. The van der Waals surface area contributed by atoms with E-state index in [0.717, 1.165) is 4.31 Å². The minimum Gasteiger partial charge on any atom is -0.324 e. The van der Waals surface area contributed by atoms with Crippen molar-refractivity contribution in [3.05, 3.63) is 98.0 Å². The number of hydrogen-bond donors (Lipinski definition) is 1. The van der Waals surface area contributed by atoms with Crippen molar-refractivity contribution in [2.24, 2.45) is 0 Å². The number of carbonyl (C=O) groups excluding carboxylic acids is 1. The molecule has 3 aromatic rings. The maximum atomic E-state index is 13.3. The fraction of sp³-hybridized carbons (Fsp3) is 0.136. The van der Waals surface area contributed by atoms with Crippen LogP contribution in [0.1, 0.15) is 11.1 Å². The van der Waals surface area contributed by atoms with Gasteiger partial charge in [-0.05, 0) is 54.4 Å². The Kier molecular flexibility index (Phi) is 7.70. The number of sulfonamides is 1. The summed E-state index contributed by atoms with van der Waals surface area (Å²) in [6, 6.07) is 16.2. The first kappa shape index (κ1) is 24.7. The summed E-state index contributed by atoms with van der Waals surface area (Å²) in [6.45, 7) is 1.06. The highest BCUT2D eigenvalue weighted by molar-refractivity contribution is 7.89. The molecule has 0 heterocycles. The van der Waals surface area contributed by atoms with Crippen molar-refractivity contribution in [3.8, 4) is 0 Å². The highest BCUT2D eigenvalue weighted by atomic mass is 35.5. The van der Waals surface area contributed by atoms with Gasteiger partial charge in [0.25, 0.3) is 5.69 Å². The van der Waals surface area contributed by atoms with Crippen LogP contribution in [0.25, 0.3) is 0 Å². The first-order valence-electron chi connectivity index (χ1n) is 9.61. The summed E-state index contributed by atoms with van der Waals surface area (Å²) >= 11 is 11.8. The number of carbonyl (C=O) groups is 1. The van der Waals surface area contributed by atoms with Crippen LogP contribution in [0.3, 0.4) is 0 Å². The summed E-state index contributed by atoms with van der Waals surface area (Å²) in [5.41, 5.74) is 1.25. The van der Waals surface area contributed by atoms with Gasteiger partial charge in [-0.1, -0.05) is 41.4 Å². The molecule has 0 unspecified atom stereocenters. The van der Waals surface area contributed by atoms with Crippen molar-refractivity contribution >= 4 is 50.5 Å². The Morgan fingerprint density at radius 3 is 2.15 bits per heavy atom. The normalized spacial score (nSPS) is 11.4. The van der Waals surface area contributed by atoms with Crippen LogP contribution in [0.5, 0.6) is 0 Å². The molecule has 0 saturated carbocycles. The monoisotopic (exact) mass is 507 g/mol. The average molecular weight is 508 g/mol. The Morgan fingerprint density at radius 1 is 1.00 bits per heavy atom. The third-order valence-corrected chi connectivity index (χ3v) is 7.06. The fourth-order valence-corrected chi connectivity index (χ4v) is 4.62. The van der Waals surface area contributed by atoms with Crippen molar-refractivity contribution < 1.29 is 18.1 Å². The van der Waals surface area contributed by atoms with E-state index in [2.05, 4.69) is 5.32 Å². The number of nitrogens with one attached hydrogen (secondary N) is 1. The average Bonchev–Trinajstić information content (AvgIpc) is 2.76. The number of anilines is 1. The molecule has 0 radical (unpaired) electrons. The highest BCUT2D eigenvalue weighted by Gasteiger charge is 2.27. The Hall–Kier alpha value is -2.98. The van der Waals surface area contributed by atoms with Gasteiger partial charge in [0.1, 0.15) is 0 Å². The third kappa shape index (κ3) is 6.29. The topological polar surface area (TPSA) is 110 Å². The van der Waals surface area contributed by atoms with E-state index < -0.39 is 27.4 Å². The first-order valence-corrected chi connectivity index (χ1v) is 11.8. The Morgan fingerprint density at radius 2 is 1.58 bits per heavy atom. The summed E-state index contributed by atoms with van der Waals surface area (Å²) in [7, 11) is -4.07. The second kappa shape index (κ2) is 10.3. The van der Waals surface area contributed by atoms with Crippen LogP contribution in [-0.2, 0) is 21.4 Å². The molecule has 1 N–H and O–H groups in total. The summed E-state index contributed by atoms with van der Waals surface area (Å²) in [4.78, 5) is 23.3. The SMILES string of the molecule is Cc1ccc([N+](=O)[O-])cc1NC(=O)CN(Cc1ccc(Cl)cc1)S(=O)(=O)c1ccc(Cl)cc1. The van der Waals surface area contributed by atoms with Gasteiger partial charge in [0.15, 0.2) is 0 Å². The minimum absolute atomic E-state index is 0.0276. The van der Waals surface area contributed by atoms with Crippen LogP contribution in [0.4, 0.5) is 11.4 Å². The van der Waals surface area contributed by atoms with Gasteiger partial charge in [0.05, 0.1) is 22.1 Å². The summed E-state index contributed by atoms with van der Waals surface area (Å²) in [5.74, 6) is -0.648. The molecule has 0 aliphatic rings. The maximum absolute atomic E-state index is 13.3. The van der Waals surface area contributed by atoms with Crippen molar-refractivity contribution in [2.45, 2.75) is 18.4 Å². The lowest BCUT2D eigenvalue weighted by Crippen LogP contribution is -2.37. The number of nitro groups is 1. The van der Waals surface area contributed by atoms with E-state index in [4.69, 9.17) is 23.2 Å². The number of halogens is 2. The standard InChI is InChI=1S/C22H19Cl2N3O5S/c1-15-2-9-19(27(29)30)12-21(15)25-22(28)14-26(13-16-3-5-17(23)6-4-16)33(31,32)20-10-7-18(24)8-11-20/h2-12H,13-14H2,1H3,(H,25,28). The van der Waals surface area contributed by atoms with Gasteiger partial charge in [-0.15, -0.1) is 0 Å². The number of benzene rings is 3. The molecule has 0 spiro atoms. The van der Waals surface area contributed by atoms with Crippen LogP contribution in [0.2, 0.25) is 10.0 Å². The largest absolute Gasteiger partial charge is 0.324 e. The Labute approximate surface area is 200 Å². The summed E-state index contributed by atoms with van der Waals surface area (Å²) in [6.07, 6.45) is 0. The van der Waals surface area contributed by atoms with Crippen LogP contribution < -0.4 is 5.32 Å². The molecular weight excluding hydrogens is 489 g/mol. The zero-order valence-corrected chi connectivity index (χ0v) is 19.7. The quantitative estimate of drug-likeness (QED) is 0.339. The maximum Gasteiger partial charge on any atom is 0.271 e. The van der Waals surface area contributed by atoms with Crippen LogP contribution in [0, 0.1) is 17.0 Å². The number of nitrogens with zero attached hydrogens (tertiary/aromatic N) is 2. The molecule has 33 heavy (non-hydrogen) atoms. The van der Waals surface area contributed by atoms with Crippen molar-refractivity contribution in [1.82, 2.24) is 4.31 Å². The third-order valence-electron chi connectivity index (χ3n) is 4.75. The van der Waals surface area contributed by atoms with E-state index >= 15 is 0 Å². The first-order chi connectivity index (χ1) is 15.6. The van der Waals surface area contributed by atoms with Crippen molar-refractivity contribution in [2.75, 3.05) is 11.9 Å². The lowest BCUT2D eigenvalue weighted by Gasteiger charge is -2.22. The molecule has 0 aliphatic heterocycles. The molecule has 8 nitrogen and oxygen atoms in total. The number of amides is 1. The number of aryl methyl sites for hydroxylation is 1. The molecule has 3 rings (SSSR count). The van der Waals surface area contributed by atoms with Gasteiger partial charge in [0.2, 0.25) is 15.9 Å². The molecule has 11 heteroatoms. The molecule has 172 valence electrons. The molecule has 0 aromatic heterocycles. The molecule has 0 fully saturated rings. The Bertz CT molecular complexity index is 1280. The molecular formula is C22H19Cl2N3O5S. The van der Waals surface area contributed by atoms with Crippen LogP contribution >= 0.6 is 23.2 Å². The van der Waals surface area contributed by atoms with E-state index in [1.807, 2.05) is 0 Å². The summed E-state index contributed by atoms with van der Waals surface area (Å²) in [5, 5.41) is 14.5. The van der Waals surface area contributed by atoms with Gasteiger partial charge < -0.3 is 5.32 Å². The molecule has 0 aliphatic carbocycles. The predicted octanol–water partition coefficient (Wildman–Crippen LogP) is 5.04. The van der Waals surface area contributed by atoms with Gasteiger partial charge in [-0.25, -0.2) is 8.42 Å². The molecule has 0 saturated heterocycles. The highest BCUT2D eigenvalue weighted by Crippen LogP contribution is 2.24. The zero-order valence-electron chi connectivity index (χ0n) is 17.4. The van der Waals surface area contributed by atoms with Crippen molar-refractivity contribution in [3.63, 3.8) is 0 Å². The summed E-state index contributed by atoms with van der Waals surface area (Å²) < 4.78 is 27.6. The lowest BCUT2D eigenvalue weighted by molar-refractivity contribution is -0.384. The van der Waals surface area contributed by atoms with Gasteiger partial charge in [0, 0.05) is 28.7 Å². The van der Waals surface area contributed by atoms with E-state index in [9.17, 15) is 23.3 Å². The number of nitro benzene ring substituents is 1. The second-order valence-electron chi connectivity index (χ2n) is 7.16. The van der Waals surface area contributed by atoms with Gasteiger partial charge in [-0.3, -0.25) is 14.9 Å². The number of hydrogen-bond acceptors (Lipinski definition) is 5.